The maximum absolute atomic E-state index is 10.7. The molecule has 60 valence electrons. The van der Waals surface area contributed by atoms with Crippen LogP contribution in [0.1, 0.15) is 0 Å². The van der Waals surface area contributed by atoms with Crippen LogP contribution in [0.5, 0.6) is 0 Å². The highest BCUT2D eigenvalue weighted by atomic mass is 28.3. The Kier molecular flexibility index (Phi) is 3.05. The molecule has 0 radical (unpaired) electrons. The lowest BCUT2D eigenvalue weighted by Gasteiger charge is -2.23. The average molecular weight is 161 g/mol. The molecule has 0 aromatic carbocycles. The van der Waals surface area contributed by atoms with Crippen molar-refractivity contribution >= 4 is 14.0 Å². The smallest absolute Gasteiger partial charge is 0.243 e. The number of primary amides is 1. The molecule has 0 saturated carbocycles. The summed E-state index contributed by atoms with van der Waals surface area (Å²) in [6.45, 7) is 6.14. The molecule has 0 aliphatic heterocycles. The molecule has 4 heteroatoms. The first-order valence-corrected chi connectivity index (χ1v) is 6.79. The molecular formula is C6H15NO2Si. The van der Waals surface area contributed by atoms with E-state index in [4.69, 9.17) is 10.5 Å². The van der Waals surface area contributed by atoms with Crippen LogP contribution in [-0.2, 0) is 9.53 Å². The van der Waals surface area contributed by atoms with Crippen LogP contribution in [0.3, 0.4) is 0 Å². The highest BCUT2D eigenvalue weighted by molar-refractivity contribution is 6.80. The van der Waals surface area contributed by atoms with Crippen molar-refractivity contribution < 1.29 is 9.53 Å². The minimum Gasteiger partial charge on any atom is -0.375 e. The molecule has 1 amide bonds. The summed E-state index contributed by atoms with van der Waals surface area (Å²) in [4.78, 5) is 10.7. The van der Waals surface area contributed by atoms with Crippen LogP contribution in [0.4, 0.5) is 0 Å². The number of methoxy groups -OCH3 is 1. The van der Waals surface area contributed by atoms with Crippen LogP contribution in [0, 0.1) is 0 Å². The van der Waals surface area contributed by atoms with E-state index in [2.05, 4.69) is 0 Å². The lowest BCUT2D eigenvalue weighted by atomic mass is 10.7. The van der Waals surface area contributed by atoms with Gasteiger partial charge in [-0.05, 0) is 0 Å². The van der Waals surface area contributed by atoms with Crippen molar-refractivity contribution in [2.45, 2.75) is 25.4 Å². The van der Waals surface area contributed by atoms with Crippen LogP contribution in [-0.4, -0.2) is 26.8 Å². The maximum Gasteiger partial charge on any atom is 0.243 e. The fourth-order valence-electron chi connectivity index (χ4n) is 0.896. The number of rotatable bonds is 3. The summed E-state index contributed by atoms with van der Waals surface area (Å²) in [6.07, 6.45) is 0. The molecule has 10 heavy (non-hydrogen) atoms. The van der Waals surface area contributed by atoms with Gasteiger partial charge < -0.3 is 10.5 Å². The van der Waals surface area contributed by atoms with E-state index in [-0.39, 0.29) is 11.6 Å². The van der Waals surface area contributed by atoms with Gasteiger partial charge in [-0.25, -0.2) is 0 Å². The van der Waals surface area contributed by atoms with Crippen LogP contribution in [0.15, 0.2) is 0 Å². The van der Waals surface area contributed by atoms with E-state index in [0.717, 1.165) is 0 Å². The summed E-state index contributed by atoms with van der Waals surface area (Å²) in [5.74, 6) is -0.346. The minimum absolute atomic E-state index is 0.346. The Morgan fingerprint density at radius 1 is 1.50 bits per heavy atom. The zero-order valence-electron chi connectivity index (χ0n) is 6.97. The van der Waals surface area contributed by atoms with Crippen LogP contribution in [0.2, 0.25) is 19.6 Å². The van der Waals surface area contributed by atoms with Gasteiger partial charge in [0.2, 0.25) is 5.91 Å². The maximum atomic E-state index is 10.7. The second kappa shape index (κ2) is 3.16. The van der Waals surface area contributed by atoms with E-state index in [0.29, 0.717) is 0 Å². The first kappa shape index (κ1) is 9.65. The largest absolute Gasteiger partial charge is 0.375 e. The van der Waals surface area contributed by atoms with Gasteiger partial charge in [-0.2, -0.15) is 0 Å². The SMILES string of the molecule is COC(C(N)=O)[Si](C)(C)C. The van der Waals surface area contributed by atoms with Gasteiger partial charge in [-0.3, -0.25) is 4.79 Å². The molecule has 0 bridgehead atoms. The number of carbonyl (C=O) groups is 1. The van der Waals surface area contributed by atoms with Gasteiger partial charge in [0.1, 0.15) is 5.73 Å². The molecule has 0 saturated heterocycles. The number of ether oxygens (including phenoxy) is 1. The molecule has 0 heterocycles. The minimum atomic E-state index is -1.55. The molecule has 2 N–H and O–H groups in total. The third-order valence-corrected chi connectivity index (χ3v) is 3.37. The van der Waals surface area contributed by atoms with Crippen LogP contribution in [0.25, 0.3) is 0 Å². The van der Waals surface area contributed by atoms with E-state index in [1.807, 2.05) is 19.6 Å². The predicted octanol–water partition coefficient (Wildman–Crippen LogP) is 0.364. The first-order chi connectivity index (χ1) is 4.39. The van der Waals surface area contributed by atoms with Gasteiger partial charge in [0.05, 0.1) is 8.07 Å². The molecule has 0 aliphatic carbocycles. The third kappa shape index (κ3) is 2.49. The zero-order valence-corrected chi connectivity index (χ0v) is 7.97. The zero-order chi connectivity index (χ0) is 8.36. The van der Waals surface area contributed by atoms with Crippen LogP contribution < -0.4 is 5.73 Å². The Morgan fingerprint density at radius 2 is 1.90 bits per heavy atom. The lowest BCUT2D eigenvalue weighted by molar-refractivity contribution is -0.124. The van der Waals surface area contributed by atoms with Gasteiger partial charge in [-0.1, -0.05) is 19.6 Å². The topological polar surface area (TPSA) is 52.3 Å². The van der Waals surface area contributed by atoms with E-state index in [1.165, 1.54) is 7.11 Å². The fourth-order valence-corrected chi connectivity index (χ4v) is 2.46. The van der Waals surface area contributed by atoms with Gasteiger partial charge in [-0.15, -0.1) is 0 Å². The second-order valence-corrected chi connectivity index (χ2v) is 8.64. The fraction of sp³-hybridized carbons (Fsp3) is 0.833. The Morgan fingerprint density at radius 3 is 1.90 bits per heavy atom. The molecule has 0 spiro atoms. The van der Waals surface area contributed by atoms with Gasteiger partial charge >= 0.3 is 0 Å². The quantitative estimate of drug-likeness (QED) is 0.608. The Hall–Kier alpha value is -0.353. The molecule has 0 rings (SSSR count). The molecule has 1 unspecified atom stereocenters. The summed E-state index contributed by atoms with van der Waals surface area (Å²) in [5.41, 5.74) is 4.75. The van der Waals surface area contributed by atoms with Crippen molar-refractivity contribution in [2.75, 3.05) is 7.11 Å². The Bertz CT molecular complexity index is 130. The van der Waals surface area contributed by atoms with Gasteiger partial charge in [0, 0.05) is 7.11 Å². The average Bonchev–Trinajstić information content (AvgIpc) is 1.60. The Balaban J connectivity index is 4.22. The summed E-state index contributed by atoms with van der Waals surface area (Å²) in [7, 11) is -0.0250. The standard InChI is InChI=1S/C6H15NO2Si/c1-9-6(5(7)8)10(2,3)4/h6H,1-4H3,(H2,7,8). The molecule has 0 fully saturated rings. The van der Waals surface area contributed by atoms with Crippen molar-refractivity contribution in [1.29, 1.82) is 0 Å². The summed E-state index contributed by atoms with van der Waals surface area (Å²) in [6, 6.07) is 0. The number of hydrogen-bond acceptors (Lipinski definition) is 2. The molecule has 1 atom stereocenters. The van der Waals surface area contributed by atoms with E-state index in [9.17, 15) is 4.79 Å². The summed E-state index contributed by atoms with van der Waals surface area (Å²) < 4.78 is 4.96. The molecule has 3 nitrogen and oxygen atoms in total. The Labute approximate surface area is 62.6 Å². The molecule has 0 aromatic rings. The normalized spacial score (nSPS) is 14.8. The van der Waals surface area contributed by atoms with Crippen molar-refractivity contribution in [2.24, 2.45) is 5.73 Å². The van der Waals surface area contributed by atoms with E-state index in [1.54, 1.807) is 0 Å². The van der Waals surface area contributed by atoms with E-state index >= 15 is 0 Å². The molecule has 0 aromatic heterocycles. The second-order valence-electron chi connectivity index (χ2n) is 3.38. The van der Waals surface area contributed by atoms with Gasteiger partial charge in [0.25, 0.3) is 0 Å². The number of nitrogens with two attached hydrogens (primary N) is 1. The number of amides is 1. The summed E-state index contributed by atoms with van der Waals surface area (Å²) in [5, 5.41) is 0. The van der Waals surface area contributed by atoms with Crippen molar-refractivity contribution in [3.63, 3.8) is 0 Å². The van der Waals surface area contributed by atoms with E-state index < -0.39 is 8.07 Å². The van der Waals surface area contributed by atoms with Crippen LogP contribution >= 0.6 is 0 Å². The van der Waals surface area contributed by atoms with Gasteiger partial charge in [0.15, 0.2) is 0 Å². The molecular weight excluding hydrogens is 146 g/mol. The van der Waals surface area contributed by atoms with Crippen molar-refractivity contribution in [1.82, 2.24) is 0 Å². The first-order valence-electron chi connectivity index (χ1n) is 3.21. The number of hydrogen-bond donors (Lipinski definition) is 1. The summed E-state index contributed by atoms with van der Waals surface area (Å²) >= 11 is 0. The van der Waals surface area contributed by atoms with Crippen molar-refractivity contribution in [3.8, 4) is 0 Å². The monoisotopic (exact) mass is 161 g/mol. The molecule has 0 aliphatic rings. The highest BCUT2D eigenvalue weighted by Crippen LogP contribution is 2.09. The lowest BCUT2D eigenvalue weighted by Crippen LogP contribution is -2.48. The van der Waals surface area contributed by atoms with Crippen molar-refractivity contribution in [3.05, 3.63) is 0 Å². The highest BCUT2D eigenvalue weighted by Gasteiger charge is 2.31. The predicted molar refractivity (Wildman–Crippen MR) is 43.3 cm³/mol. The number of carbonyl (C=O) groups excluding carboxylic acids is 1. The third-order valence-electron chi connectivity index (χ3n) is 1.28.